The second-order valence-corrected chi connectivity index (χ2v) is 5.00. The van der Waals surface area contributed by atoms with Gasteiger partial charge in [0.15, 0.2) is 5.82 Å². The molecule has 1 aliphatic rings. The number of likely N-dealkylation sites (N-methyl/N-ethyl adjacent to an activating group) is 1. The summed E-state index contributed by atoms with van der Waals surface area (Å²) in [6.07, 6.45) is 6.87. The number of nitrogens with zero attached hydrogens (tertiary/aromatic N) is 2. The monoisotopic (exact) mass is 237 g/mol. The minimum atomic E-state index is 0.472. The van der Waals surface area contributed by atoms with Gasteiger partial charge in [-0.25, -0.2) is 0 Å². The molecule has 0 aliphatic heterocycles. The third-order valence-electron chi connectivity index (χ3n) is 3.23. The Kier molecular flexibility index (Phi) is 4.54. The second-order valence-electron chi connectivity index (χ2n) is 5.00. The molecule has 0 radical (unpaired) electrons. The normalized spacial score (nSPS) is 17.3. The van der Waals surface area contributed by atoms with Crippen molar-refractivity contribution in [3.05, 3.63) is 11.7 Å². The molecule has 1 atom stereocenters. The van der Waals surface area contributed by atoms with Crippen molar-refractivity contribution in [2.24, 2.45) is 5.92 Å². The predicted molar refractivity (Wildman–Crippen MR) is 66.8 cm³/mol. The molecule has 4 heteroatoms. The number of aromatic nitrogens is 2. The van der Waals surface area contributed by atoms with Gasteiger partial charge < -0.3 is 9.84 Å². The summed E-state index contributed by atoms with van der Waals surface area (Å²) in [5.74, 6) is 2.51. The maximum absolute atomic E-state index is 5.32. The first-order valence-electron chi connectivity index (χ1n) is 6.86. The second kappa shape index (κ2) is 6.15. The minimum Gasteiger partial charge on any atom is -0.339 e. The molecular weight excluding hydrogens is 214 g/mol. The van der Waals surface area contributed by atoms with Gasteiger partial charge in [-0.15, -0.1) is 0 Å². The lowest BCUT2D eigenvalue weighted by Gasteiger charge is -2.14. The van der Waals surface area contributed by atoms with Crippen molar-refractivity contribution in [2.45, 2.75) is 58.4 Å². The zero-order chi connectivity index (χ0) is 12.1. The highest BCUT2D eigenvalue weighted by Crippen LogP contribution is 2.31. The first-order valence-corrected chi connectivity index (χ1v) is 6.86. The van der Waals surface area contributed by atoms with Crippen LogP contribution in [0.25, 0.3) is 0 Å². The Labute approximate surface area is 103 Å². The molecule has 0 amide bonds. The number of hydrogen-bond acceptors (Lipinski definition) is 4. The number of hydrogen-bond donors (Lipinski definition) is 1. The minimum absolute atomic E-state index is 0.472. The SMILES string of the molecule is CCCC(Cc1nc(CC2CC2)no1)NCC. The molecule has 0 spiro atoms. The molecule has 2 rings (SSSR count). The van der Waals surface area contributed by atoms with E-state index in [0.29, 0.717) is 6.04 Å². The van der Waals surface area contributed by atoms with Crippen LogP contribution in [0.15, 0.2) is 4.52 Å². The maximum atomic E-state index is 5.32. The molecule has 1 saturated carbocycles. The van der Waals surface area contributed by atoms with Crippen molar-refractivity contribution < 1.29 is 4.52 Å². The van der Waals surface area contributed by atoms with Crippen LogP contribution in [0.4, 0.5) is 0 Å². The van der Waals surface area contributed by atoms with Crippen LogP contribution in [0, 0.1) is 5.92 Å². The standard InChI is InChI=1S/C13H23N3O/c1-3-5-11(14-4-2)9-13-15-12(16-17-13)8-10-6-7-10/h10-11,14H,3-9H2,1-2H3. The molecule has 4 nitrogen and oxygen atoms in total. The zero-order valence-electron chi connectivity index (χ0n) is 10.9. The summed E-state index contributed by atoms with van der Waals surface area (Å²) in [5.41, 5.74) is 0. The predicted octanol–water partition coefficient (Wildman–Crippen LogP) is 2.34. The lowest BCUT2D eigenvalue weighted by Crippen LogP contribution is -2.30. The van der Waals surface area contributed by atoms with Crippen molar-refractivity contribution in [1.82, 2.24) is 15.5 Å². The molecule has 1 aromatic heterocycles. The summed E-state index contributed by atoms with van der Waals surface area (Å²) in [5, 5.41) is 7.52. The first-order chi connectivity index (χ1) is 8.31. The molecule has 1 unspecified atom stereocenters. The Morgan fingerprint density at radius 3 is 2.88 bits per heavy atom. The quantitative estimate of drug-likeness (QED) is 0.754. The molecule has 1 N–H and O–H groups in total. The van der Waals surface area contributed by atoms with Crippen molar-refractivity contribution in [3.8, 4) is 0 Å². The summed E-state index contributed by atoms with van der Waals surface area (Å²) < 4.78 is 5.32. The van der Waals surface area contributed by atoms with Gasteiger partial charge in [0, 0.05) is 18.9 Å². The Bertz CT molecular complexity index is 327. The Morgan fingerprint density at radius 1 is 1.41 bits per heavy atom. The molecule has 1 heterocycles. The van der Waals surface area contributed by atoms with Crippen molar-refractivity contribution in [2.75, 3.05) is 6.54 Å². The van der Waals surface area contributed by atoms with Crippen LogP contribution in [0.5, 0.6) is 0 Å². The maximum Gasteiger partial charge on any atom is 0.228 e. The fourth-order valence-corrected chi connectivity index (χ4v) is 2.16. The topological polar surface area (TPSA) is 51.0 Å². The molecule has 1 fully saturated rings. The van der Waals surface area contributed by atoms with E-state index in [2.05, 4.69) is 29.3 Å². The van der Waals surface area contributed by atoms with E-state index in [-0.39, 0.29) is 0 Å². The fourth-order valence-electron chi connectivity index (χ4n) is 2.16. The van der Waals surface area contributed by atoms with Crippen LogP contribution in [-0.4, -0.2) is 22.7 Å². The van der Waals surface area contributed by atoms with Crippen LogP contribution in [0.1, 0.15) is 51.2 Å². The van der Waals surface area contributed by atoms with Gasteiger partial charge in [0.05, 0.1) is 0 Å². The molecule has 1 aromatic rings. The van der Waals surface area contributed by atoms with E-state index >= 15 is 0 Å². The molecule has 1 aliphatic carbocycles. The summed E-state index contributed by atoms with van der Waals surface area (Å²) in [4.78, 5) is 4.48. The van der Waals surface area contributed by atoms with Crippen LogP contribution in [-0.2, 0) is 12.8 Å². The highest BCUT2D eigenvalue weighted by atomic mass is 16.5. The molecule has 0 aromatic carbocycles. The summed E-state index contributed by atoms with van der Waals surface area (Å²) in [6.45, 7) is 5.33. The Hall–Kier alpha value is -0.900. The van der Waals surface area contributed by atoms with E-state index in [1.165, 1.54) is 19.3 Å². The number of rotatable bonds is 8. The van der Waals surface area contributed by atoms with E-state index < -0.39 is 0 Å². The third-order valence-corrected chi connectivity index (χ3v) is 3.23. The van der Waals surface area contributed by atoms with Crippen molar-refractivity contribution in [1.29, 1.82) is 0 Å². The highest BCUT2D eigenvalue weighted by Gasteiger charge is 2.24. The van der Waals surface area contributed by atoms with E-state index in [9.17, 15) is 0 Å². The van der Waals surface area contributed by atoms with Gasteiger partial charge in [0.25, 0.3) is 0 Å². The van der Waals surface area contributed by atoms with Crippen LogP contribution in [0.3, 0.4) is 0 Å². The smallest absolute Gasteiger partial charge is 0.228 e. The molecule has 0 saturated heterocycles. The largest absolute Gasteiger partial charge is 0.339 e. The number of nitrogens with one attached hydrogen (secondary N) is 1. The summed E-state index contributed by atoms with van der Waals surface area (Å²) >= 11 is 0. The average Bonchev–Trinajstić information content (AvgIpc) is 3.00. The molecule has 0 bridgehead atoms. The molecular formula is C13H23N3O. The van der Waals surface area contributed by atoms with Crippen LogP contribution >= 0.6 is 0 Å². The fraction of sp³-hybridized carbons (Fsp3) is 0.846. The van der Waals surface area contributed by atoms with Gasteiger partial charge in [-0.2, -0.15) is 4.98 Å². The highest BCUT2D eigenvalue weighted by molar-refractivity contribution is 4.93. The van der Waals surface area contributed by atoms with E-state index in [1.54, 1.807) is 0 Å². The Morgan fingerprint density at radius 2 is 2.24 bits per heavy atom. The van der Waals surface area contributed by atoms with Gasteiger partial charge in [0.2, 0.25) is 5.89 Å². The summed E-state index contributed by atoms with van der Waals surface area (Å²) in [7, 11) is 0. The van der Waals surface area contributed by atoms with Gasteiger partial charge in [0.1, 0.15) is 0 Å². The summed E-state index contributed by atoms with van der Waals surface area (Å²) in [6, 6.07) is 0.472. The van der Waals surface area contributed by atoms with E-state index in [0.717, 1.165) is 43.4 Å². The van der Waals surface area contributed by atoms with Crippen LogP contribution in [0.2, 0.25) is 0 Å². The van der Waals surface area contributed by atoms with E-state index in [4.69, 9.17) is 4.52 Å². The van der Waals surface area contributed by atoms with Gasteiger partial charge >= 0.3 is 0 Å². The molecule has 17 heavy (non-hydrogen) atoms. The first kappa shape index (κ1) is 12.6. The lowest BCUT2D eigenvalue weighted by atomic mass is 10.1. The lowest BCUT2D eigenvalue weighted by molar-refractivity contribution is 0.348. The van der Waals surface area contributed by atoms with Gasteiger partial charge in [-0.3, -0.25) is 0 Å². The van der Waals surface area contributed by atoms with Gasteiger partial charge in [-0.1, -0.05) is 25.4 Å². The molecule has 96 valence electrons. The zero-order valence-corrected chi connectivity index (χ0v) is 10.9. The average molecular weight is 237 g/mol. The Balaban J connectivity index is 1.84. The van der Waals surface area contributed by atoms with Gasteiger partial charge in [-0.05, 0) is 31.7 Å². The van der Waals surface area contributed by atoms with Crippen molar-refractivity contribution >= 4 is 0 Å². The van der Waals surface area contributed by atoms with Crippen molar-refractivity contribution in [3.63, 3.8) is 0 Å². The van der Waals surface area contributed by atoms with E-state index in [1.807, 2.05) is 0 Å². The third kappa shape index (κ3) is 4.11. The van der Waals surface area contributed by atoms with Crippen LogP contribution < -0.4 is 5.32 Å².